The van der Waals surface area contributed by atoms with E-state index in [0.717, 1.165) is 31.8 Å². The Bertz CT molecular complexity index is 112. The van der Waals surface area contributed by atoms with Crippen molar-refractivity contribution in [3.63, 3.8) is 0 Å². The molecule has 0 rings (SSSR count). The summed E-state index contributed by atoms with van der Waals surface area (Å²) in [6.07, 6.45) is 4.31. The average Bonchev–Trinajstić information content (AvgIpc) is 2.07. The minimum Gasteiger partial charge on any atom is -0.303 e. The molecule has 0 aliphatic carbocycles. The summed E-state index contributed by atoms with van der Waals surface area (Å²) in [5.74, 6) is 0.148. The second kappa shape index (κ2) is 8.95. The van der Waals surface area contributed by atoms with E-state index in [2.05, 4.69) is 0 Å². The fourth-order valence-electron chi connectivity index (χ4n) is 1.03. The zero-order chi connectivity index (χ0) is 8.69. The molecular formula is C9H16FeO2. The first-order valence-corrected chi connectivity index (χ1v) is 4.19. The van der Waals surface area contributed by atoms with Crippen molar-refractivity contribution in [3.05, 3.63) is 0 Å². The topological polar surface area (TPSA) is 34.1 Å². The molecule has 0 saturated carbocycles. The molecule has 12 heavy (non-hydrogen) atoms. The van der Waals surface area contributed by atoms with Crippen LogP contribution >= 0.6 is 0 Å². The van der Waals surface area contributed by atoms with E-state index in [4.69, 9.17) is 0 Å². The predicted octanol–water partition coefficient (Wildman–Crippen LogP) is 1.82. The number of carbonyl (C=O) groups is 2. The van der Waals surface area contributed by atoms with E-state index in [1.165, 1.54) is 0 Å². The molecular weight excluding hydrogens is 196 g/mol. The summed E-state index contributed by atoms with van der Waals surface area (Å²) in [5, 5.41) is 0. The standard InChI is InChI=1S/C9H16O2.Fe/c1-3-8(6-10)5-9(4-2)7-11;/h6-9H,3-5H2,1-2H3;. The largest absolute Gasteiger partial charge is 0.303 e. The van der Waals surface area contributed by atoms with Gasteiger partial charge in [0.05, 0.1) is 0 Å². The van der Waals surface area contributed by atoms with Crippen LogP contribution in [-0.2, 0) is 26.7 Å². The van der Waals surface area contributed by atoms with Crippen LogP contribution in [0.25, 0.3) is 0 Å². The van der Waals surface area contributed by atoms with E-state index in [9.17, 15) is 9.59 Å². The molecule has 0 heterocycles. The Balaban J connectivity index is 0. The summed E-state index contributed by atoms with van der Waals surface area (Å²) in [6.45, 7) is 3.94. The van der Waals surface area contributed by atoms with Gasteiger partial charge in [-0.15, -0.1) is 0 Å². The molecule has 0 radical (unpaired) electrons. The van der Waals surface area contributed by atoms with Gasteiger partial charge in [-0.2, -0.15) is 0 Å². The molecule has 0 aliphatic heterocycles. The van der Waals surface area contributed by atoms with Crippen LogP contribution in [0.3, 0.4) is 0 Å². The second-order valence-corrected chi connectivity index (χ2v) is 2.84. The Hall–Kier alpha value is -0.141. The van der Waals surface area contributed by atoms with Crippen molar-refractivity contribution in [1.82, 2.24) is 0 Å². The number of hydrogen-bond acceptors (Lipinski definition) is 2. The maximum atomic E-state index is 10.4. The van der Waals surface area contributed by atoms with Crippen LogP contribution in [0.15, 0.2) is 0 Å². The number of hydrogen-bond donors (Lipinski definition) is 0. The van der Waals surface area contributed by atoms with E-state index < -0.39 is 0 Å². The first kappa shape index (κ1) is 14.4. The van der Waals surface area contributed by atoms with E-state index >= 15 is 0 Å². The molecule has 0 spiro atoms. The maximum absolute atomic E-state index is 10.4. The average molecular weight is 212 g/mol. The normalized spacial score (nSPS) is 14.2. The third-order valence-corrected chi connectivity index (χ3v) is 2.04. The van der Waals surface area contributed by atoms with Crippen LogP contribution < -0.4 is 0 Å². The molecule has 0 aromatic carbocycles. The molecule has 0 fully saturated rings. The first-order chi connectivity index (χ1) is 5.28. The van der Waals surface area contributed by atoms with Gasteiger partial charge in [-0.1, -0.05) is 13.8 Å². The Morgan fingerprint density at radius 1 is 1.00 bits per heavy atom. The van der Waals surface area contributed by atoms with Crippen LogP contribution in [0.2, 0.25) is 0 Å². The van der Waals surface area contributed by atoms with Crippen LogP contribution in [0, 0.1) is 11.8 Å². The molecule has 0 amide bonds. The summed E-state index contributed by atoms with van der Waals surface area (Å²) in [4.78, 5) is 20.8. The molecule has 0 aromatic rings. The van der Waals surface area contributed by atoms with E-state index in [1.54, 1.807) is 0 Å². The molecule has 2 unspecified atom stereocenters. The second-order valence-electron chi connectivity index (χ2n) is 2.84. The van der Waals surface area contributed by atoms with E-state index in [1.807, 2.05) is 13.8 Å². The molecule has 2 nitrogen and oxygen atoms in total. The van der Waals surface area contributed by atoms with Crippen molar-refractivity contribution >= 4 is 12.6 Å². The molecule has 2 atom stereocenters. The van der Waals surface area contributed by atoms with Gasteiger partial charge in [0.2, 0.25) is 0 Å². The van der Waals surface area contributed by atoms with Gasteiger partial charge in [0, 0.05) is 28.9 Å². The maximum Gasteiger partial charge on any atom is 0.123 e. The Morgan fingerprint density at radius 3 is 1.50 bits per heavy atom. The molecule has 72 valence electrons. The van der Waals surface area contributed by atoms with Crippen molar-refractivity contribution in [1.29, 1.82) is 0 Å². The smallest absolute Gasteiger partial charge is 0.123 e. The van der Waals surface area contributed by atoms with Gasteiger partial charge in [-0.25, -0.2) is 0 Å². The van der Waals surface area contributed by atoms with Crippen LogP contribution in [0.4, 0.5) is 0 Å². The summed E-state index contributed by atoms with van der Waals surface area (Å²) in [6, 6.07) is 0. The fraction of sp³-hybridized carbons (Fsp3) is 0.778. The van der Waals surface area contributed by atoms with Gasteiger partial charge < -0.3 is 9.59 Å². The summed E-state index contributed by atoms with van der Waals surface area (Å²) < 4.78 is 0. The van der Waals surface area contributed by atoms with Gasteiger partial charge in [0.1, 0.15) is 12.6 Å². The summed E-state index contributed by atoms with van der Waals surface area (Å²) in [5.41, 5.74) is 0. The van der Waals surface area contributed by atoms with E-state index in [-0.39, 0.29) is 28.9 Å². The van der Waals surface area contributed by atoms with Crippen molar-refractivity contribution in [2.24, 2.45) is 11.8 Å². The SMILES string of the molecule is CCC(C=O)CC(C=O)CC.[Fe]. The van der Waals surface area contributed by atoms with Gasteiger partial charge in [0.25, 0.3) is 0 Å². The monoisotopic (exact) mass is 212 g/mol. The number of carbonyl (C=O) groups excluding carboxylic acids is 2. The fourth-order valence-corrected chi connectivity index (χ4v) is 1.03. The molecule has 0 bridgehead atoms. The number of rotatable bonds is 6. The van der Waals surface area contributed by atoms with E-state index in [0.29, 0.717) is 0 Å². The van der Waals surface area contributed by atoms with Gasteiger partial charge >= 0.3 is 0 Å². The molecule has 0 N–H and O–H groups in total. The minimum atomic E-state index is 0. The Labute approximate surface area is 84.6 Å². The molecule has 0 aromatic heterocycles. The summed E-state index contributed by atoms with van der Waals surface area (Å²) >= 11 is 0. The van der Waals surface area contributed by atoms with Gasteiger partial charge in [0.15, 0.2) is 0 Å². The predicted molar refractivity (Wildman–Crippen MR) is 44.3 cm³/mol. The zero-order valence-corrected chi connectivity index (χ0v) is 8.70. The first-order valence-electron chi connectivity index (χ1n) is 4.19. The third kappa shape index (κ3) is 5.50. The van der Waals surface area contributed by atoms with Crippen LogP contribution in [0.5, 0.6) is 0 Å². The van der Waals surface area contributed by atoms with Gasteiger partial charge in [-0.05, 0) is 19.3 Å². The van der Waals surface area contributed by atoms with Crippen molar-refractivity contribution in [2.45, 2.75) is 33.1 Å². The Kier molecular flexibility index (Phi) is 10.7. The van der Waals surface area contributed by atoms with Crippen molar-refractivity contribution in [3.8, 4) is 0 Å². The zero-order valence-electron chi connectivity index (χ0n) is 7.60. The Morgan fingerprint density at radius 2 is 1.33 bits per heavy atom. The minimum absolute atomic E-state index is 0. The van der Waals surface area contributed by atoms with Crippen molar-refractivity contribution < 1.29 is 26.7 Å². The van der Waals surface area contributed by atoms with Crippen LogP contribution in [0.1, 0.15) is 33.1 Å². The quantitative estimate of drug-likeness (QED) is 0.497. The van der Waals surface area contributed by atoms with Gasteiger partial charge in [-0.3, -0.25) is 0 Å². The van der Waals surface area contributed by atoms with Crippen molar-refractivity contribution in [2.75, 3.05) is 0 Å². The molecule has 0 aliphatic rings. The molecule has 0 saturated heterocycles. The summed E-state index contributed by atoms with van der Waals surface area (Å²) in [7, 11) is 0. The third-order valence-electron chi connectivity index (χ3n) is 2.04. The van der Waals surface area contributed by atoms with Crippen LogP contribution in [-0.4, -0.2) is 12.6 Å². The molecule has 3 heteroatoms. The number of aldehydes is 2.